The first-order valence-corrected chi connectivity index (χ1v) is 5.93. The predicted molar refractivity (Wildman–Crippen MR) is 72.8 cm³/mol. The number of benzene rings is 1. The number of halogens is 1. The van der Waals surface area contributed by atoms with Gasteiger partial charge in [0.15, 0.2) is 0 Å². The molecule has 5 nitrogen and oxygen atoms in total. The van der Waals surface area contributed by atoms with Crippen molar-refractivity contribution in [1.29, 1.82) is 0 Å². The number of carbonyl (C=O) groups is 2. The zero-order valence-electron chi connectivity index (χ0n) is 10.3. The number of thiocarbonyl (C=S) groups is 1. The molecule has 102 valence electrons. The van der Waals surface area contributed by atoms with Crippen LogP contribution >= 0.6 is 12.2 Å². The summed E-state index contributed by atoms with van der Waals surface area (Å²) in [6, 6.07) is 5.22. The maximum atomic E-state index is 12.7. The van der Waals surface area contributed by atoms with Crippen LogP contribution in [0.2, 0.25) is 0 Å². The van der Waals surface area contributed by atoms with Crippen LogP contribution in [0.3, 0.4) is 0 Å². The van der Waals surface area contributed by atoms with Crippen molar-refractivity contribution >= 4 is 29.0 Å². The topological polar surface area (TPSA) is 84.2 Å². The average Bonchev–Trinajstić information content (AvgIpc) is 2.36. The van der Waals surface area contributed by atoms with E-state index in [1.165, 1.54) is 24.3 Å². The van der Waals surface area contributed by atoms with Crippen LogP contribution in [0, 0.1) is 5.82 Å². The molecule has 1 aromatic carbocycles. The Morgan fingerprint density at radius 3 is 2.42 bits per heavy atom. The highest BCUT2D eigenvalue weighted by atomic mass is 32.1. The largest absolute Gasteiger partial charge is 0.392 e. The fourth-order valence-corrected chi connectivity index (χ4v) is 1.42. The van der Waals surface area contributed by atoms with Gasteiger partial charge in [-0.05, 0) is 24.6 Å². The summed E-state index contributed by atoms with van der Waals surface area (Å²) in [7, 11) is 0. The molecule has 0 bridgehead atoms. The van der Waals surface area contributed by atoms with Gasteiger partial charge < -0.3 is 16.4 Å². The minimum Gasteiger partial charge on any atom is -0.392 e. The van der Waals surface area contributed by atoms with Gasteiger partial charge in [-0.1, -0.05) is 24.4 Å². The molecule has 0 spiro atoms. The average molecular weight is 283 g/mol. The van der Waals surface area contributed by atoms with Gasteiger partial charge in [0.1, 0.15) is 5.82 Å². The van der Waals surface area contributed by atoms with Crippen LogP contribution in [-0.4, -0.2) is 23.3 Å². The maximum absolute atomic E-state index is 12.7. The Balaban J connectivity index is 2.54. The Morgan fingerprint density at radius 2 is 1.89 bits per heavy atom. The summed E-state index contributed by atoms with van der Waals surface area (Å²) in [6.07, 6.45) is 0. The fourth-order valence-electron chi connectivity index (χ4n) is 1.34. The van der Waals surface area contributed by atoms with Gasteiger partial charge in [-0.15, -0.1) is 0 Å². The number of nitrogens with two attached hydrogens (primary N) is 1. The Hall–Kier alpha value is -2.02. The Kier molecular flexibility index (Phi) is 5.37. The van der Waals surface area contributed by atoms with Crippen LogP contribution < -0.4 is 16.4 Å². The molecular weight excluding hydrogens is 269 g/mol. The van der Waals surface area contributed by atoms with Gasteiger partial charge in [0.05, 0.1) is 17.6 Å². The molecule has 0 heterocycles. The zero-order chi connectivity index (χ0) is 14.4. The van der Waals surface area contributed by atoms with E-state index in [-0.39, 0.29) is 17.4 Å². The van der Waals surface area contributed by atoms with Crippen LogP contribution in [0.5, 0.6) is 0 Å². The number of hydrogen-bond acceptors (Lipinski definition) is 3. The summed E-state index contributed by atoms with van der Waals surface area (Å²) < 4.78 is 12.7. The molecule has 0 saturated heterocycles. The highest BCUT2D eigenvalue weighted by Crippen LogP contribution is 2.12. The molecule has 0 aliphatic heterocycles. The van der Waals surface area contributed by atoms with E-state index in [0.717, 1.165) is 0 Å². The molecule has 1 aromatic rings. The lowest BCUT2D eigenvalue weighted by atomic mass is 10.1. The fraction of sp³-hybridized carbons (Fsp3) is 0.250. The van der Waals surface area contributed by atoms with E-state index in [2.05, 4.69) is 22.9 Å². The number of rotatable bonds is 4. The monoisotopic (exact) mass is 283 g/mol. The summed E-state index contributed by atoms with van der Waals surface area (Å²) in [6.45, 7) is 1.65. The van der Waals surface area contributed by atoms with E-state index in [0.29, 0.717) is 5.56 Å². The molecule has 1 unspecified atom stereocenters. The normalized spacial score (nSPS) is 11.5. The first-order chi connectivity index (χ1) is 8.90. The highest BCUT2D eigenvalue weighted by Gasteiger charge is 2.16. The van der Waals surface area contributed by atoms with Crippen molar-refractivity contribution in [2.24, 2.45) is 5.73 Å². The van der Waals surface area contributed by atoms with Crippen LogP contribution in [0.1, 0.15) is 18.5 Å². The van der Waals surface area contributed by atoms with E-state index < -0.39 is 17.9 Å². The third-order valence-corrected chi connectivity index (χ3v) is 2.49. The first kappa shape index (κ1) is 15.0. The number of amides is 2. The van der Waals surface area contributed by atoms with Crippen LogP contribution in [0.15, 0.2) is 24.3 Å². The van der Waals surface area contributed by atoms with E-state index in [1.54, 1.807) is 6.92 Å². The van der Waals surface area contributed by atoms with Crippen LogP contribution in [0.4, 0.5) is 4.39 Å². The molecule has 0 aromatic heterocycles. The van der Waals surface area contributed by atoms with Crippen molar-refractivity contribution in [3.63, 3.8) is 0 Å². The van der Waals surface area contributed by atoms with E-state index in [4.69, 9.17) is 5.73 Å². The molecule has 4 N–H and O–H groups in total. The molecule has 0 fully saturated rings. The maximum Gasteiger partial charge on any atom is 0.309 e. The van der Waals surface area contributed by atoms with E-state index >= 15 is 0 Å². The quantitative estimate of drug-likeness (QED) is 0.552. The second kappa shape index (κ2) is 6.79. The Labute approximate surface area is 115 Å². The van der Waals surface area contributed by atoms with Crippen molar-refractivity contribution in [3.8, 4) is 0 Å². The van der Waals surface area contributed by atoms with Gasteiger partial charge in [0, 0.05) is 0 Å². The van der Waals surface area contributed by atoms with Crippen LogP contribution in [-0.2, 0) is 9.59 Å². The number of carbonyl (C=O) groups excluding carboxylic acids is 2. The van der Waals surface area contributed by atoms with Crippen molar-refractivity contribution in [2.75, 3.05) is 6.54 Å². The molecule has 0 radical (unpaired) electrons. The van der Waals surface area contributed by atoms with Crippen molar-refractivity contribution in [3.05, 3.63) is 35.6 Å². The molecular formula is C12H14FN3O2S. The van der Waals surface area contributed by atoms with Crippen molar-refractivity contribution in [2.45, 2.75) is 13.0 Å². The van der Waals surface area contributed by atoms with Crippen molar-refractivity contribution in [1.82, 2.24) is 10.6 Å². The lowest BCUT2D eigenvalue weighted by Crippen LogP contribution is -2.43. The standard InChI is InChI=1S/C12H14FN3O2S/c1-7(8-2-4-9(13)5-3-8)16-12(18)11(17)15-6-10(14)19/h2-5,7H,6H2,1H3,(H2,14,19)(H,15,17)(H,16,18). The van der Waals surface area contributed by atoms with E-state index in [9.17, 15) is 14.0 Å². The van der Waals surface area contributed by atoms with Crippen molar-refractivity contribution < 1.29 is 14.0 Å². The third-order valence-electron chi connectivity index (χ3n) is 2.35. The highest BCUT2D eigenvalue weighted by molar-refractivity contribution is 7.80. The van der Waals surface area contributed by atoms with Crippen LogP contribution in [0.25, 0.3) is 0 Å². The van der Waals surface area contributed by atoms with Gasteiger partial charge in [-0.2, -0.15) is 0 Å². The number of hydrogen-bond donors (Lipinski definition) is 3. The summed E-state index contributed by atoms with van der Waals surface area (Å²) in [5.74, 6) is -1.98. The molecule has 1 atom stereocenters. The van der Waals surface area contributed by atoms with Gasteiger partial charge in [0.2, 0.25) is 0 Å². The molecule has 0 aliphatic carbocycles. The third kappa shape index (κ3) is 5.01. The molecule has 0 saturated carbocycles. The molecule has 7 heteroatoms. The SMILES string of the molecule is CC(NC(=O)C(=O)NCC(N)=S)c1ccc(F)cc1. The molecule has 1 rings (SSSR count). The summed E-state index contributed by atoms with van der Waals surface area (Å²) in [5, 5.41) is 4.75. The lowest BCUT2D eigenvalue weighted by molar-refractivity contribution is -0.139. The molecule has 2 amide bonds. The number of nitrogens with one attached hydrogen (secondary N) is 2. The zero-order valence-corrected chi connectivity index (χ0v) is 11.1. The Bertz CT molecular complexity index is 490. The lowest BCUT2D eigenvalue weighted by Gasteiger charge is -2.14. The minimum absolute atomic E-state index is 0.0352. The first-order valence-electron chi connectivity index (χ1n) is 5.52. The summed E-state index contributed by atoms with van der Waals surface area (Å²) in [4.78, 5) is 23.0. The minimum atomic E-state index is -0.818. The Morgan fingerprint density at radius 1 is 1.32 bits per heavy atom. The van der Waals surface area contributed by atoms with Gasteiger partial charge >= 0.3 is 11.8 Å². The van der Waals surface area contributed by atoms with E-state index in [1.807, 2.05) is 0 Å². The van der Waals surface area contributed by atoms with Gasteiger partial charge in [0.25, 0.3) is 0 Å². The summed E-state index contributed by atoms with van der Waals surface area (Å²) in [5.41, 5.74) is 5.89. The molecule has 0 aliphatic rings. The smallest absolute Gasteiger partial charge is 0.309 e. The van der Waals surface area contributed by atoms with Gasteiger partial charge in [-0.3, -0.25) is 9.59 Å². The molecule has 19 heavy (non-hydrogen) atoms. The second-order valence-corrected chi connectivity index (χ2v) is 4.42. The predicted octanol–water partition coefficient (Wildman–Crippen LogP) is 0.405. The van der Waals surface area contributed by atoms with Gasteiger partial charge in [-0.25, -0.2) is 4.39 Å². The second-order valence-electron chi connectivity index (χ2n) is 3.90. The summed E-state index contributed by atoms with van der Waals surface area (Å²) >= 11 is 4.57.